The van der Waals surface area contributed by atoms with E-state index in [0.717, 1.165) is 44.7 Å². The maximum atomic E-state index is 13.7. The molecule has 1 N–H and O–H groups in total. The fourth-order valence-electron chi connectivity index (χ4n) is 3.52. The van der Waals surface area contributed by atoms with Crippen molar-refractivity contribution in [3.63, 3.8) is 0 Å². The molecule has 0 bridgehead atoms. The molecule has 0 radical (unpaired) electrons. The molecule has 0 unspecified atom stereocenters. The zero-order valence-electron chi connectivity index (χ0n) is 16.2. The molecular formula is C22H27F2N3O. The molecule has 28 heavy (non-hydrogen) atoms. The lowest BCUT2D eigenvalue weighted by molar-refractivity contribution is -0.126. The Morgan fingerprint density at radius 1 is 1.04 bits per heavy atom. The molecule has 1 fully saturated rings. The van der Waals surface area contributed by atoms with E-state index in [1.54, 1.807) is 18.2 Å². The van der Waals surface area contributed by atoms with Crippen molar-refractivity contribution >= 4 is 5.91 Å². The van der Waals surface area contributed by atoms with Crippen LogP contribution in [0.2, 0.25) is 0 Å². The summed E-state index contributed by atoms with van der Waals surface area (Å²) >= 11 is 0. The second kappa shape index (κ2) is 9.75. The number of nitrogens with zero attached hydrogens (tertiary/aromatic N) is 2. The van der Waals surface area contributed by atoms with Gasteiger partial charge in [0, 0.05) is 38.3 Å². The van der Waals surface area contributed by atoms with Crippen LogP contribution >= 0.6 is 0 Å². The fraction of sp³-hybridized carbons (Fsp3) is 0.409. The van der Waals surface area contributed by atoms with Crippen molar-refractivity contribution in [3.05, 3.63) is 71.3 Å². The molecule has 1 aliphatic rings. The van der Waals surface area contributed by atoms with Crippen molar-refractivity contribution in [2.75, 3.05) is 26.2 Å². The zero-order chi connectivity index (χ0) is 19.9. The van der Waals surface area contributed by atoms with Gasteiger partial charge in [0.25, 0.3) is 0 Å². The molecule has 4 nitrogen and oxygen atoms in total. The number of amides is 1. The van der Waals surface area contributed by atoms with E-state index in [2.05, 4.69) is 15.1 Å². The minimum Gasteiger partial charge on any atom is -0.351 e. The summed E-state index contributed by atoms with van der Waals surface area (Å²) < 4.78 is 26.8. The van der Waals surface area contributed by atoms with Gasteiger partial charge in [0.2, 0.25) is 5.91 Å². The molecule has 1 saturated heterocycles. The SMILES string of the molecule is C[C@H](C(=O)NCc1ccccc1F)N1CCCN(Cc2ccc(F)cc2)CC1. The Kier molecular flexibility index (Phi) is 7.12. The average Bonchev–Trinajstić information content (AvgIpc) is 2.94. The number of benzene rings is 2. The minimum atomic E-state index is -0.304. The van der Waals surface area contributed by atoms with Gasteiger partial charge in [-0.05, 0) is 43.7 Å². The highest BCUT2D eigenvalue weighted by molar-refractivity contribution is 5.81. The third-order valence-corrected chi connectivity index (χ3v) is 5.28. The summed E-state index contributed by atoms with van der Waals surface area (Å²) in [6, 6.07) is 12.8. The van der Waals surface area contributed by atoms with Gasteiger partial charge in [-0.3, -0.25) is 14.6 Å². The van der Waals surface area contributed by atoms with Gasteiger partial charge in [-0.25, -0.2) is 8.78 Å². The molecule has 0 spiro atoms. The predicted molar refractivity (Wildman–Crippen MR) is 106 cm³/mol. The van der Waals surface area contributed by atoms with Gasteiger partial charge >= 0.3 is 0 Å². The third-order valence-electron chi connectivity index (χ3n) is 5.28. The first kappa shape index (κ1) is 20.4. The van der Waals surface area contributed by atoms with Crippen LogP contribution in [0.3, 0.4) is 0 Å². The number of rotatable bonds is 6. The minimum absolute atomic E-state index is 0.0877. The highest BCUT2D eigenvalue weighted by Gasteiger charge is 2.24. The molecule has 0 aliphatic carbocycles. The predicted octanol–water partition coefficient (Wildman–Crippen LogP) is 3.18. The van der Waals surface area contributed by atoms with Gasteiger partial charge in [0.05, 0.1) is 6.04 Å². The van der Waals surface area contributed by atoms with Crippen molar-refractivity contribution in [3.8, 4) is 0 Å². The molecule has 6 heteroatoms. The fourth-order valence-corrected chi connectivity index (χ4v) is 3.52. The van der Waals surface area contributed by atoms with E-state index in [0.29, 0.717) is 5.56 Å². The van der Waals surface area contributed by atoms with Crippen molar-refractivity contribution in [2.45, 2.75) is 32.5 Å². The van der Waals surface area contributed by atoms with Gasteiger partial charge in [-0.1, -0.05) is 30.3 Å². The number of nitrogens with one attached hydrogen (secondary N) is 1. The van der Waals surface area contributed by atoms with Crippen LogP contribution < -0.4 is 5.32 Å². The van der Waals surface area contributed by atoms with Crippen molar-refractivity contribution in [1.82, 2.24) is 15.1 Å². The molecule has 0 saturated carbocycles. The molecule has 150 valence electrons. The Bertz CT molecular complexity index is 782. The first-order valence-corrected chi connectivity index (χ1v) is 9.75. The summed E-state index contributed by atoms with van der Waals surface area (Å²) in [5, 5.41) is 2.84. The van der Waals surface area contributed by atoms with Crippen molar-refractivity contribution in [2.24, 2.45) is 0 Å². The largest absolute Gasteiger partial charge is 0.351 e. The summed E-state index contributed by atoms with van der Waals surface area (Å²) in [6.45, 7) is 6.29. The molecule has 1 amide bonds. The van der Waals surface area contributed by atoms with E-state index in [9.17, 15) is 13.6 Å². The van der Waals surface area contributed by atoms with Crippen LogP contribution in [-0.4, -0.2) is 47.9 Å². The highest BCUT2D eigenvalue weighted by atomic mass is 19.1. The van der Waals surface area contributed by atoms with Crippen LogP contribution in [0.1, 0.15) is 24.5 Å². The Morgan fingerprint density at radius 2 is 1.79 bits per heavy atom. The average molecular weight is 387 g/mol. The number of carbonyl (C=O) groups is 1. The highest BCUT2D eigenvalue weighted by Crippen LogP contribution is 2.12. The van der Waals surface area contributed by atoms with Gasteiger partial charge in [-0.15, -0.1) is 0 Å². The van der Waals surface area contributed by atoms with Crippen LogP contribution in [0.5, 0.6) is 0 Å². The standard InChI is InChI=1S/C22H27F2N3O/c1-17(22(28)25-15-19-5-2-3-6-21(19)24)27-12-4-11-26(13-14-27)16-18-7-9-20(23)10-8-18/h2-3,5-10,17H,4,11-16H2,1H3,(H,25,28)/t17-/m1/s1. The van der Waals surface area contributed by atoms with E-state index >= 15 is 0 Å². The molecule has 1 heterocycles. The molecule has 1 atom stereocenters. The molecule has 2 aromatic carbocycles. The van der Waals surface area contributed by atoms with Crippen LogP contribution in [0.25, 0.3) is 0 Å². The normalized spacial score (nSPS) is 17.1. The summed E-state index contributed by atoms with van der Waals surface area (Å²) in [5.41, 5.74) is 1.58. The van der Waals surface area contributed by atoms with Crippen LogP contribution in [0, 0.1) is 11.6 Å². The summed E-state index contributed by atoms with van der Waals surface area (Å²) in [5.74, 6) is -0.613. The zero-order valence-corrected chi connectivity index (χ0v) is 16.2. The number of hydrogen-bond acceptors (Lipinski definition) is 3. The lowest BCUT2D eigenvalue weighted by atomic mass is 10.2. The number of halogens is 2. The first-order chi connectivity index (χ1) is 13.5. The van der Waals surface area contributed by atoms with Gasteiger partial charge in [0.1, 0.15) is 11.6 Å². The van der Waals surface area contributed by atoms with E-state index < -0.39 is 0 Å². The van der Waals surface area contributed by atoms with Gasteiger partial charge in [0.15, 0.2) is 0 Å². The molecule has 1 aliphatic heterocycles. The topological polar surface area (TPSA) is 35.6 Å². The van der Waals surface area contributed by atoms with Gasteiger partial charge < -0.3 is 5.32 Å². The smallest absolute Gasteiger partial charge is 0.237 e. The van der Waals surface area contributed by atoms with E-state index in [1.807, 2.05) is 19.1 Å². The maximum Gasteiger partial charge on any atom is 0.237 e. The lowest BCUT2D eigenvalue weighted by Gasteiger charge is -2.27. The van der Waals surface area contributed by atoms with Crippen molar-refractivity contribution in [1.29, 1.82) is 0 Å². The second-order valence-electron chi connectivity index (χ2n) is 7.28. The molecule has 2 aromatic rings. The Labute approximate surface area is 165 Å². The third kappa shape index (κ3) is 5.59. The van der Waals surface area contributed by atoms with Gasteiger partial charge in [-0.2, -0.15) is 0 Å². The van der Waals surface area contributed by atoms with E-state index in [-0.39, 0.29) is 30.1 Å². The number of hydrogen-bond donors (Lipinski definition) is 1. The Hall–Kier alpha value is -2.31. The van der Waals surface area contributed by atoms with Crippen LogP contribution in [-0.2, 0) is 17.9 Å². The van der Waals surface area contributed by atoms with Crippen LogP contribution in [0.4, 0.5) is 8.78 Å². The van der Waals surface area contributed by atoms with Crippen LogP contribution in [0.15, 0.2) is 48.5 Å². The van der Waals surface area contributed by atoms with E-state index in [4.69, 9.17) is 0 Å². The molecular weight excluding hydrogens is 360 g/mol. The summed E-state index contributed by atoms with van der Waals surface area (Å²) in [6.07, 6.45) is 0.964. The molecule has 0 aromatic heterocycles. The Balaban J connectivity index is 1.49. The maximum absolute atomic E-state index is 13.7. The quantitative estimate of drug-likeness (QED) is 0.827. The second-order valence-corrected chi connectivity index (χ2v) is 7.28. The first-order valence-electron chi connectivity index (χ1n) is 9.75. The van der Waals surface area contributed by atoms with Crippen molar-refractivity contribution < 1.29 is 13.6 Å². The monoisotopic (exact) mass is 387 g/mol. The summed E-state index contributed by atoms with van der Waals surface area (Å²) in [7, 11) is 0. The summed E-state index contributed by atoms with van der Waals surface area (Å²) in [4.78, 5) is 17.0. The Morgan fingerprint density at radius 3 is 2.54 bits per heavy atom. The molecule has 3 rings (SSSR count). The van der Waals surface area contributed by atoms with E-state index in [1.165, 1.54) is 18.2 Å². The number of carbonyl (C=O) groups excluding carboxylic acids is 1. The lowest BCUT2D eigenvalue weighted by Crippen LogP contribution is -2.46.